The summed E-state index contributed by atoms with van der Waals surface area (Å²) in [5.74, 6) is 0. The molecule has 0 saturated carbocycles. The molecule has 0 aromatic heterocycles. The molecule has 2 aromatic carbocycles. The van der Waals surface area contributed by atoms with Crippen molar-refractivity contribution in [3.63, 3.8) is 0 Å². The molecule has 2 rings (SSSR count). The van der Waals surface area contributed by atoms with Crippen LogP contribution in [0.15, 0.2) is 60.7 Å². The van der Waals surface area contributed by atoms with Gasteiger partial charge in [-0.1, -0.05) is 0 Å². The molecule has 2 aromatic rings. The van der Waals surface area contributed by atoms with Crippen LogP contribution >= 0.6 is 0 Å². The summed E-state index contributed by atoms with van der Waals surface area (Å²) in [4.78, 5) is 0. The van der Waals surface area contributed by atoms with E-state index in [0.717, 1.165) is 10.6 Å². The summed E-state index contributed by atoms with van der Waals surface area (Å²) in [5.41, 5.74) is 2.52. The van der Waals surface area contributed by atoms with Crippen molar-refractivity contribution in [3.05, 3.63) is 71.8 Å². The van der Waals surface area contributed by atoms with Gasteiger partial charge in [-0.25, -0.2) is 0 Å². The Balaban J connectivity index is 1.87. The van der Waals surface area contributed by atoms with Gasteiger partial charge in [0.15, 0.2) is 0 Å². The average Bonchev–Trinajstić information content (AvgIpc) is 2.57. The van der Waals surface area contributed by atoms with Crippen molar-refractivity contribution in [2.75, 3.05) is 14.2 Å². The first kappa shape index (κ1) is 16.3. The molecule has 2 nitrogen and oxygen atoms in total. The summed E-state index contributed by atoms with van der Waals surface area (Å²) >= 11 is 0.479. The van der Waals surface area contributed by atoms with E-state index in [1.807, 2.05) is 12.1 Å². The fraction of sp³-hybridized carbons (Fsp3) is 0.333. The maximum absolute atomic E-state index is 5.63. The van der Waals surface area contributed by atoms with E-state index < -0.39 is 0 Å². The first-order valence-corrected chi connectivity index (χ1v) is 9.50. The second-order valence-corrected chi connectivity index (χ2v) is 7.06. The maximum atomic E-state index is 5.63. The Bertz CT molecular complexity index is 454. The first-order chi connectivity index (χ1) is 10.3. The van der Waals surface area contributed by atoms with Crippen molar-refractivity contribution in [2.45, 2.75) is 22.8 Å². The van der Waals surface area contributed by atoms with E-state index in [9.17, 15) is 0 Å². The van der Waals surface area contributed by atoms with Crippen molar-refractivity contribution in [3.8, 4) is 0 Å². The standard InChI is InChI=1S/C18H22O2Se/c1-19-17(15-9-5-3-6-10-15)13-21-14-18(20-2)16-11-7-4-8-12-16/h3-12,17-18H,13-14H2,1-2H3. The van der Waals surface area contributed by atoms with Crippen molar-refractivity contribution < 1.29 is 9.47 Å². The van der Waals surface area contributed by atoms with Gasteiger partial charge in [-0.15, -0.1) is 0 Å². The van der Waals surface area contributed by atoms with Crippen LogP contribution in [0.3, 0.4) is 0 Å². The van der Waals surface area contributed by atoms with Gasteiger partial charge in [-0.3, -0.25) is 0 Å². The van der Waals surface area contributed by atoms with Crippen molar-refractivity contribution in [2.24, 2.45) is 0 Å². The van der Waals surface area contributed by atoms with Crippen molar-refractivity contribution >= 4 is 15.0 Å². The monoisotopic (exact) mass is 350 g/mol. The molecule has 0 fully saturated rings. The Morgan fingerprint density at radius 3 is 1.43 bits per heavy atom. The number of methoxy groups -OCH3 is 2. The zero-order valence-electron chi connectivity index (χ0n) is 12.6. The molecule has 0 aliphatic heterocycles. The van der Waals surface area contributed by atoms with Crippen LogP contribution in [-0.2, 0) is 9.47 Å². The van der Waals surface area contributed by atoms with E-state index in [-0.39, 0.29) is 12.2 Å². The fourth-order valence-corrected chi connectivity index (χ4v) is 4.78. The quantitative estimate of drug-likeness (QED) is 0.662. The summed E-state index contributed by atoms with van der Waals surface area (Å²) in [6, 6.07) is 20.9. The normalized spacial score (nSPS) is 13.8. The van der Waals surface area contributed by atoms with Gasteiger partial charge in [-0.2, -0.15) is 0 Å². The van der Waals surface area contributed by atoms with E-state index in [0.29, 0.717) is 15.0 Å². The van der Waals surface area contributed by atoms with Crippen LogP contribution in [0.5, 0.6) is 0 Å². The van der Waals surface area contributed by atoms with Crippen molar-refractivity contribution in [1.82, 2.24) is 0 Å². The van der Waals surface area contributed by atoms with Crippen LogP contribution in [0.1, 0.15) is 23.3 Å². The molecule has 2 atom stereocenters. The van der Waals surface area contributed by atoms with Crippen LogP contribution < -0.4 is 0 Å². The molecule has 0 aliphatic rings. The zero-order chi connectivity index (χ0) is 14.9. The Labute approximate surface area is 133 Å². The SMILES string of the molecule is COC(C[Se]CC(OC)c1ccccc1)c1ccccc1. The Hall–Kier alpha value is -1.12. The second-order valence-electron chi connectivity index (χ2n) is 4.81. The summed E-state index contributed by atoms with van der Waals surface area (Å²) in [7, 11) is 3.58. The number of benzene rings is 2. The van der Waals surface area contributed by atoms with E-state index in [2.05, 4.69) is 48.5 Å². The molecule has 112 valence electrons. The van der Waals surface area contributed by atoms with Gasteiger partial charge >= 0.3 is 133 Å². The number of hydrogen-bond donors (Lipinski definition) is 0. The van der Waals surface area contributed by atoms with E-state index >= 15 is 0 Å². The molecule has 0 amide bonds. The first-order valence-electron chi connectivity index (χ1n) is 7.08. The summed E-state index contributed by atoms with van der Waals surface area (Å²) < 4.78 is 11.3. The average molecular weight is 349 g/mol. The Morgan fingerprint density at radius 2 is 1.10 bits per heavy atom. The van der Waals surface area contributed by atoms with Gasteiger partial charge in [0.1, 0.15) is 0 Å². The van der Waals surface area contributed by atoms with E-state index in [1.54, 1.807) is 14.2 Å². The van der Waals surface area contributed by atoms with Gasteiger partial charge in [0.05, 0.1) is 0 Å². The van der Waals surface area contributed by atoms with Gasteiger partial charge in [0, 0.05) is 0 Å². The van der Waals surface area contributed by atoms with Crippen molar-refractivity contribution in [1.29, 1.82) is 0 Å². The third kappa shape index (κ3) is 4.98. The number of ether oxygens (including phenoxy) is 2. The minimum atomic E-state index is 0.194. The Morgan fingerprint density at radius 1 is 0.714 bits per heavy atom. The van der Waals surface area contributed by atoms with E-state index in [1.165, 1.54) is 11.1 Å². The summed E-state index contributed by atoms with van der Waals surface area (Å²) in [5, 5.41) is 2.14. The number of hydrogen-bond acceptors (Lipinski definition) is 2. The molecule has 0 saturated heterocycles. The summed E-state index contributed by atoms with van der Waals surface area (Å²) in [6.45, 7) is 0. The number of rotatable bonds is 8. The minimum absolute atomic E-state index is 0.194. The van der Waals surface area contributed by atoms with Crippen LogP contribution in [0, 0.1) is 0 Å². The van der Waals surface area contributed by atoms with Gasteiger partial charge in [0.25, 0.3) is 0 Å². The molecule has 2 unspecified atom stereocenters. The second kappa shape index (κ2) is 9.01. The summed E-state index contributed by atoms with van der Waals surface area (Å²) in [6.07, 6.45) is 0.388. The molecular weight excluding hydrogens is 327 g/mol. The third-order valence-electron chi connectivity index (χ3n) is 3.45. The molecule has 0 radical (unpaired) electrons. The molecule has 0 aliphatic carbocycles. The third-order valence-corrected chi connectivity index (χ3v) is 5.71. The van der Waals surface area contributed by atoms with Crippen LogP contribution in [0.2, 0.25) is 10.6 Å². The zero-order valence-corrected chi connectivity index (χ0v) is 14.3. The molecule has 3 heteroatoms. The van der Waals surface area contributed by atoms with Gasteiger partial charge < -0.3 is 0 Å². The van der Waals surface area contributed by atoms with Crippen LogP contribution in [-0.4, -0.2) is 29.2 Å². The topological polar surface area (TPSA) is 18.5 Å². The molecular formula is C18H22O2Se. The molecule has 0 N–H and O–H groups in total. The van der Waals surface area contributed by atoms with Gasteiger partial charge in [-0.05, 0) is 0 Å². The molecule has 21 heavy (non-hydrogen) atoms. The molecule has 0 heterocycles. The molecule has 0 spiro atoms. The van der Waals surface area contributed by atoms with Crippen LogP contribution in [0.4, 0.5) is 0 Å². The van der Waals surface area contributed by atoms with E-state index in [4.69, 9.17) is 9.47 Å². The molecule has 0 bridgehead atoms. The van der Waals surface area contributed by atoms with Gasteiger partial charge in [0.2, 0.25) is 0 Å². The van der Waals surface area contributed by atoms with Crippen LogP contribution in [0.25, 0.3) is 0 Å². The predicted molar refractivity (Wildman–Crippen MR) is 87.8 cm³/mol. The Kier molecular flexibility index (Phi) is 6.97. The predicted octanol–water partition coefficient (Wildman–Crippen LogP) is 4.30. The fourth-order valence-electron chi connectivity index (χ4n) is 2.22.